The molecule has 0 saturated heterocycles. The minimum absolute atomic E-state index is 0.205. The molecule has 0 bridgehead atoms. The van der Waals surface area contributed by atoms with E-state index in [0.29, 0.717) is 0 Å². The molecule has 0 aromatic heterocycles. The SMILES string of the molecule is CCCCC(N)C(=O)S. The third-order valence-corrected chi connectivity index (χ3v) is 1.52. The highest BCUT2D eigenvalue weighted by molar-refractivity contribution is 7.96. The predicted molar refractivity (Wildman–Crippen MR) is 41.5 cm³/mol. The topological polar surface area (TPSA) is 43.1 Å². The number of thiol groups is 1. The van der Waals surface area contributed by atoms with E-state index >= 15 is 0 Å². The molecular formula is C6H13NOS. The predicted octanol–water partition coefficient (Wildman–Crippen LogP) is 0.960. The third kappa shape index (κ3) is 4.48. The van der Waals surface area contributed by atoms with Crippen molar-refractivity contribution in [1.29, 1.82) is 0 Å². The molecule has 0 aromatic rings. The van der Waals surface area contributed by atoms with E-state index in [-0.39, 0.29) is 11.2 Å². The van der Waals surface area contributed by atoms with Gasteiger partial charge in [-0.15, -0.1) is 12.6 Å². The molecule has 2 nitrogen and oxygen atoms in total. The van der Waals surface area contributed by atoms with Crippen LogP contribution >= 0.6 is 12.6 Å². The average Bonchev–Trinajstić information content (AvgIpc) is 1.82. The normalized spacial score (nSPS) is 13.2. The molecule has 0 spiro atoms. The summed E-state index contributed by atoms with van der Waals surface area (Å²) in [6.07, 6.45) is 2.85. The summed E-state index contributed by atoms with van der Waals surface area (Å²) in [6.45, 7) is 2.07. The first-order chi connectivity index (χ1) is 4.18. The van der Waals surface area contributed by atoms with Gasteiger partial charge in [-0.3, -0.25) is 4.79 Å². The molecule has 0 saturated carbocycles. The van der Waals surface area contributed by atoms with Crippen LogP contribution in [0.1, 0.15) is 26.2 Å². The zero-order valence-electron chi connectivity index (χ0n) is 5.63. The second-order valence-electron chi connectivity index (χ2n) is 2.09. The molecule has 0 aliphatic carbocycles. The summed E-state index contributed by atoms with van der Waals surface area (Å²) >= 11 is 3.60. The Hall–Kier alpha value is -0.0200. The fourth-order valence-electron chi connectivity index (χ4n) is 0.548. The van der Waals surface area contributed by atoms with Gasteiger partial charge in [-0.25, -0.2) is 0 Å². The molecule has 0 radical (unpaired) electrons. The first-order valence-corrected chi connectivity index (χ1v) is 3.61. The zero-order valence-corrected chi connectivity index (χ0v) is 6.53. The Balaban J connectivity index is 3.27. The van der Waals surface area contributed by atoms with Crippen molar-refractivity contribution >= 4 is 17.7 Å². The third-order valence-electron chi connectivity index (χ3n) is 1.19. The first kappa shape index (κ1) is 8.98. The monoisotopic (exact) mass is 147 g/mol. The molecule has 0 rings (SSSR count). The highest BCUT2D eigenvalue weighted by Gasteiger charge is 2.06. The Morgan fingerprint density at radius 1 is 1.78 bits per heavy atom. The molecule has 0 aliphatic rings. The summed E-state index contributed by atoms with van der Waals surface area (Å²) in [5.41, 5.74) is 5.38. The van der Waals surface area contributed by atoms with Crippen molar-refractivity contribution in [2.75, 3.05) is 0 Å². The Morgan fingerprint density at radius 3 is 2.67 bits per heavy atom. The van der Waals surface area contributed by atoms with Crippen LogP contribution in [0.5, 0.6) is 0 Å². The minimum Gasteiger partial charge on any atom is -0.321 e. The van der Waals surface area contributed by atoms with Crippen LogP contribution < -0.4 is 5.73 Å². The standard InChI is InChI=1S/C6H13NOS/c1-2-3-4-5(7)6(8)9/h5H,2-4,7H2,1H3,(H,8,9). The van der Waals surface area contributed by atoms with E-state index < -0.39 is 0 Å². The van der Waals surface area contributed by atoms with Crippen molar-refractivity contribution < 1.29 is 4.79 Å². The van der Waals surface area contributed by atoms with Gasteiger partial charge in [-0.05, 0) is 6.42 Å². The second-order valence-corrected chi connectivity index (χ2v) is 2.53. The van der Waals surface area contributed by atoms with E-state index in [4.69, 9.17) is 5.73 Å². The highest BCUT2D eigenvalue weighted by Crippen LogP contribution is 1.99. The smallest absolute Gasteiger partial charge is 0.202 e. The number of hydrogen-bond donors (Lipinski definition) is 2. The summed E-state index contributed by atoms with van der Waals surface area (Å²) in [5.74, 6) is 0. The average molecular weight is 147 g/mol. The molecule has 0 aliphatic heterocycles. The quantitative estimate of drug-likeness (QED) is 0.582. The Kier molecular flexibility index (Phi) is 4.81. The maximum Gasteiger partial charge on any atom is 0.202 e. The van der Waals surface area contributed by atoms with Gasteiger partial charge in [0.05, 0.1) is 6.04 Å². The summed E-state index contributed by atoms with van der Waals surface area (Å²) in [7, 11) is 0. The van der Waals surface area contributed by atoms with E-state index in [1.807, 2.05) is 0 Å². The lowest BCUT2D eigenvalue weighted by Gasteiger charge is -2.03. The molecule has 1 atom stereocenters. The largest absolute Gasteiger partial charge is 0.321 e. The number of rotatable bonds is 4. The summed E-state index contributed by atoms with van der Waals surface area (Å²) < 4.78 is 0. The Bertz CT molecular complexity index is 95.1. The molecule has 0 amide bonds. The summed E-state index contributed by atoms with van der Waals surface area (Å²) in [4.78, 5) is 10.4. The minimum atomic E-state index is -0.353. The lowest BCUT2D eigenvalue weighted by Crippen LogP contribution is -2.26. The van der Waals surface area contributed by atoms with Gasteiger partial charge in [0.25, 0.3) is 0 Å². The molecule has 1 unspecified atom stereocenters. The first-order valence-electron chi connectivity index (χ1n) is 3.17. The van der Waals surface area contributed by atoms with Gasteiger partial charge in [0.2, 0.25) is 5.12 Å². The van der Waals surface area contributed by atoms with E-state index in [9.17, 15) is 4.79 Å². The molecule has 0 fully saturated rings. The molecule has 3 heteroatoms. The second kappa shape index (κ2) is 4.82. The number of hydrogen-bond acceptors (Lipinski definition) is 2. The van der Waals surface area contributed by atoms with Crippen LogP contribution in [0.25, 0.3) is 0 Å². The number of unbranched alkanes of at least 4 members (excludes halogenated alkanes) is 1. The van der Waals surface area contributed by atoms with Crippen molar-refractivity contribution in [2.45, 2.75) is 32.2 Å². The van der Waals surface area contributed by atoms with Crippen LogP contribution in [-0.4, -0.2) is 11.2 Å². The van der Waals surface area contributed by atoms with Gasteiger partial charge >= 0.3 is 0 Å². The van der Waals surface area contributed by atoms with Gasteiger partial charge in [0.15, 0.2) is 0 Å². The van der Waals surface area contributed by atoms with Gasteiger partial charge < -0.3 is 5.73 Å². The molecule has 2 N–H and O–H groups in total. The van der Waals surface area contributed by atoms with E-state index in [2.05, 4.69) is 19.6 Å². The molecule has 0 heterocycles. The van der Waals surface area contributed by atoms with Crippen molar-refractivity contribution in [3.8, 4) is 0 Å². The van der Waals surface area contributed by atoms with Crippen LogP contribution in [0.2, 0.25) is 0 Å². The van der Waals surface area contributed by atoms with Crippen LogP contribution in [0.15, 0.2) is 0 Å². The van der Waals surface area contributed by atoms with Crippen LogP contribution in [0.3, 0.4) is 0 Å². The van der Waals surface area contributed by atoms with Gasteiger partial charge in [0.1, 0.15) is 0 Å². The Morgan fingerprint density at radius 2 is 2.33 bits per heavy atom. The van der Waals surface area contributed by atoms with Gasteiger partial charge in [-0.2, -0.15) is 0 Å². The van der Waals surface area contributed by atoms with E-state index in [1.165, 1.54) is 0 Å². The Labute approximate surface area is 61.2 Å². The molecular weight excluding hydrogens is 134 g/mol. The number of nitrogens with two attached hydrogens (primary N) is 1. The molecule has 0 aromatic carbocycles. The fraction of sp³-hybridized carbons (Fsp3) is 0.833. The molecule has 9 heavy (non-hydrogen) atoms. The van der Waals surface area contributed by atoms with Crippen molar-refractivity contribution in [3.05, 3.63) is 0 Å². The summed E-state index contributed by atoms with van der Waals surface area (Å²) in [6, 6.07) is -0.353. The van der Waals surface area contributed by atoms with E-state index in [0.717, 1.165) is 19.3 Å². The highest BCUT2D eigenvalue weighted by atomic mass is 32.1. The zero-order chi connectivity index (χ0) is 7.28. The maximum absolute atomic E-state index is 10.4. The van der Waals surface area contributed by atoms with Crippen LogP contribution in [0.4, 0.5) is 0 Å². The number of carbonyl (C=O) groups is 1. The van der Waals surface area contributed by atoms with Crippen LogP contribution in [0, 0.1) is 0 Å². The van der Waals surface area contributed by atoms with E-state index in [1.54, 1.807) is 0 Å². The lowest BCUT2D eigenvalue weighted by atomic mass is 10.1. The molecule has 54 valence electrons. The number of carbonyl (C=O) groups excluding carboxylic acids is 1. The van der Waals surface area contributed by atoms with Gasteiger partial charge in [-0.1, -0.05) is 19.8 Å². The lowest BCUT2D eigenvalue weighted by molar-refractivity contribution is -0.112. The van der Waals surface area contributed by atoms with Gasteiger partial charge in [0, 0.05) is 0 Å². The fourth-order valence-corrected chi connectivity index (χ4v) is 0.677. The summed E-state index contributed by atoms with van der Waals surface area (Å²) in [5, 5.41) is -0.205. The van der Waals surface area contributed by atoms with Crippen molar-refractivity contribution in [1.82, 2.24) is 0 Å². The van der Waals surface area contributed by atoms with Crippen LogP contribution in [-0.2, 0) is 4.79 Å². The van der Waals surface area contributed by atoms with Crippen molar-refractivity contribution in [3.63, 3.8) is 0 Å². The van der Waals surface area contributed by atoms with Crippen molar-refractivity contribution in [2.24, 2.45) is 5.73 Å². The maximum atomic E-state index is 10.4.